The molecule has 0 spiro atoms. The standard InChI is InChI=1S/C19H23Cl2FN4O2S/c1-26(2)16-7-4-3-6-14(16)23-15-11-13(22)17(10-12(15)20)29(27,28)25-19-9-5-8-18(21)24-19/h5,8-11,14,16,23H,3-4,6-7H2,1-2H3,(H,24,25)/t14-,16-/m0/s1. The molecule has 0 amide bonds. The highest BCUT2D eigenvalue weighted by molar-refractivity contribution is 7.92. The molecule has 1 aliphatic rings. The molecule has 2 N–H and O–H groups in total. The van der Waals surface area contributed by atoms with Crippen LogP contribution in [0, 0.1) is 5.82 Å². The molecule has 0 radical (unpaired) electrons. The summed E-state index contributed by atoms with van der Waals surface area (Å²) >= 11 is 12.1. The molecule has 1 fully saturated rings. The van der Waals surface area contributed by atoms with E-state index in [4.69, 9.17) is 23.2 Å². The fourth-order valence-corrected chi connectivity index (χ4v) is 5.13. The van der Waals surface area contributed by atoms with Crippen molar-refractivity contribution in [3.8, 4) is 0 Å². The molecule has 29 heavy (non-hydrogen) atoms. The van der Waals surface area contributed by atoms with Gasteiger partial charge >= 0.3 is 0 Å². The van der Waals surface area contributed by atoms with Gasteiger partial charge < -0.3 is 10.2 Å². The van der Waals surface area contributed by atoms with E-state index in [0.717, 1.165) is 37.8 Å². The second-order valence-corrected chi connectivity index (χ2v) is 9.73. The van der Waals surface area contributed by atoms with Crippen molar-refractivity contribution < 1.29 is 12.8 Å². The molecule has 6 nitrogen and oxygen atoms in total. The minimum atomic E-state index is -4.22. The monoisotopic (exact) mass is 460 g/mol. The Morgan fingerprint density at radius 1 is 1.17 bits per heavy atom. The molecule has 0 saturated heterocycles. The Balaban J connectivity index is 1.85. The van der Waals surface area contributed by atoms with Gasteiger partial charge in [0.1, 0.15) is 21.7 Å². The molecule has 1 saturated carbocycles. The molecule has 3 rings (SSSR count). The van der Waals surface area contributed by atoms with E-state index in [-0.39, 0.29) is 22.0 Å². The summed E-state index contributed by atoms with van der Waals surface area (Å²) in [7, 11) is -0.200. The quantitative estimate of drug-likeness (QED) is 0.615. The van der Waals surface area contributed by atoms with Crippen LogP contribution in [0.15, 0.2) is 35.2 Å². The number of nitrogens with zero attached hydrogens (tertiary/aromatic N) is 2. The summed E-state index contributed by atoms with van der Waals surface area (Å²) in [5, 5.41) is 3.55. The summed E-state index contributed by atoms with van der Waals surface area (Å²) in [6.45, 7) is 0. The molecular weight excluding hydrogens is 438 g/mol. The van der Waals surface area contributed by atoms with Crippen molar-refractivity contribution in [1.82, 2.24) is 9.88 Å². The van der Waals surface area contributed by atoms with Gasteiger partial charge in [0.15, 0.2) is 0 Å². The first-order valence-corrected chi connectivity index (χ1v) is 11.5. The lowest BCUT2D eigenvalue weighted by Gasteiger charge is -2.37. The van der Waals surface area contributed by atoms with Crippen LogP contribution in [-0.4, -0.2) is 44.5 Å². The third kappa shape index (κ3) is 5.31. The number of halogens is 3. The minimum absolute atomic E-state index is 0.00810. The van der Waals surface area contributed by atoms with Gasteiger partial charge in [-0.3, -0.25) is 4.72 Å². The first-order valence-electron chi connectivity index (χ1n) is 9.25. The molecule has 10 heteroatoms. The van der Waals surface area contributed by atoms with Gasteiger partial charge in [0, 0.05) is 12.1 Å². The predicted octanol–water partition coefficient (Wildman–Crippen LogP) is 4.61. The smallest absolute Gasteiger partial charge is 0.266 e. The maximum absolute atomic E-state index is 14.7. The van der Waals surface area contributed by atoms with Gasteiger partial charge in [0.05, 0.1) is 10.7 Å². The van der Waals surface area contributed by atoms with E-state index in [2.05, 4.69) is 19.9 Å². The van der Waals surface area contributed by atoms with Crippen LogP contribution in [0.2, 0.25) is 10.2 Å². The molecule has 158 valence electrons. The Morgan fingerprint density at radius 3 is 2.59 bits per heavy atom. The third-order valence-corrected chi connectivity index (χ3v) is 6.89. The Labute approximate surface area is 180 Å². The number of sulfonamides is 1. The summed E-state index contributed by atoms with van der Waals surface area (Å²) in [5.41, 5.74) is 0.378. The molecule has 0 aliphatic heterocycles. The van der Waals surface area contributed by atoms with Crippen molar-refractivity contribution in [3.63, 3.8) is 0 Å². The van der Waals surface area contributed by atoms with Crippen molar-refractivity contribution >= 4 is 44.7 Å². The van der Waals surface area contributed by atoms with Crippen molar-refractivity contribution in [2.45, 2.75) is 42.7 Å². The van der Waals surface area contributed by atoms with Gasteiger partial charge in [-0.25, -0.2) is 17.8 Å². The summed E-state index contributed by atoms with van der Waals surface area (Å²) in [6.07, 6.45) is 4.19. The molecule has 0 unspecified atom stereocenters. The maximum Gasteiger partial charge on any atom is 0.266 e. The summed E-state index contributed by atoms with van der Waals surface area (Å²) in [4.78, 5) is 5.45. The first-order chi connectivity index (χ1) is 13.7. The molecular formula is C19H23Cl2FN4O2S. The average molecular weight is 461 g/mol. The minimum Gasteiger partial charge on any atom is -0.379 e. The number of nitrogens with one attached hydrogen (secondary N) is 2. The Kier molecular flexibility index (Phi) is 6.88. The summed E-state index contributed by atoms with van der Waals surface area (Å²) in [6, 6.07) is 7.10. The van der Waals surface area contributed by atoms with Crippen LogP contribution in [0.5, 0.6) is 0 Å². The molecule has 2 aromatic rings. The van der Waals surface area contributed by atoms with Crippen LogP contribution in [0.3, 0.4) is 0 Å². The van der Waals surface area contributed by atoms with E-state index in [9.17, 15) is 12.8 Å². The zero-order chi connectivity index (χ0) is 21.2. The fourth-order valence-electron chi connectivity index (χ4n) is 3.60. The van der Waals surface area contributed by atoms with Crippen LogP contribution in [0.4, 0.5) is 15.9 Å². The normalized spacial score (nSPS) is 19.9. The van der Waals surface area contributed by atoms with E-state index in [1.54, 1.807) is 0 Å². The Hall–Kier alpha value is -1.61. The Bertz CT molecular complexity index is 988. The fraction of sp³-hybridized carbons (Fsp3) is 0.421. The van der Waals surface area contributed by atoms with E-state index < -0.39 is 20.7 Å². The van der Waals surface area contributed by atoms with Crippen molar-refractivity contribution in [2.24, 2.45) is 0 Å². The van der Waals surface area contributed by atoms with E-state index in [1.807, 2.05) is 14.1 Å². The van der Waals surface area contributed by atoms with Gasteiger partial charge in [0.2, 0.25) is 0 Å². The van der Waals surface area contributed by atoms with Gasteiger partial charge in [-0.05, 0) is 51.2 Å². The highest BCUT2D eigenvalue weighted by Crippen LogP contribution is 2.32. The van der Waals surface area contributed by atoms with Gasteiger partial charge in [-0.1, -0.05) is 42.1 Å². The van der Waals surface area contributed by atoms with Gasteiger partial charge in [-0.2, -0.15) is 0 Å². The van der Waals surface area contributed by atoms with E-state index in [1.165, 1.54) is 18.2 Å². The molecule has 1 heterocycles. The van der Waals surface area contributed by atoms with Gasteiger partial charge in [-0.15, -0.1) is 0 Å². The van der Waals surface area contributed by atoms with Crippen molar-refractivity contribution in [2.75, 3.05) is 24.1 Å². The first kappa shape index (κ1) is 22.1. The molecule has 2 atom stereocenters. The largest absolute Gasteiger partial charge is 0.379 e. The van der Waals surface area contributed by atoms with Crippen molar-refractivity contribution in [3.05, 3.63) is 46.3 Å². The molecule has 1 aromatic carbocycles. The zero-order valence-corrected chi connectivity index (χ0v) is 18.5. The van der Waals surface area contributed by atoms with Gasteiger partial charge in [0.25, 0.3) is 10.0 Å². The number of hydrogen-bond acceptors (Lipinski definition) is 5. The highest BCUT2D eigenvalue weighted by atomic mass is 35.5. The highest BCUT2D eigenvalue weighted by Gasteiger charge is 2.28. The molecule has 0 bridgehead atoms. The lowest BCUT2D eigenvalue weighted by atomic mass is 9.89. The van der Waals surface area contributed by atoms with Crippen LogP contribution >= 0.6 is 23.2 Å². The number of pyridine rings is 1. The van der Waals surface area contributed by atoms with Crippen LogP contribution in [0.25, 0.3) is 0 Å². The van der Waals surface area contributed by atoms with E-state index in [0.29, 0.717) is 11.7 Å². The van der Waals surface area contributed by atoms with Crippen LogP contribution in [-0.2, 0) is 10.0 Å². The van der Waals surface area contributed by atoms with E-state index >= 15 is 0 Å². The van der Waals surface area contributed by atoms with Crippen molar-refractivity contribution in [1.29, 1.82) is 0 Å². The van der Waals surface area contributed by atoms with Crippen LogP contribution < -0.4 is 10.0 Å². The van der Waals surface area contributed by atoms with Crippen LogP contribution in [0.1, 0.15) is 25.7 Å². The molecule has 1 aromatic heterocycles. The third-order valence-electron chi connectivity index (χ3n) is 5.00. The summed E-state index contributed by atoms with van der Waals surface area (Å²) < 4.78 is 42.2. The number of benzene rings is 1. The Morgan fingerprint density at radius 2 is 1.90 bits per heavy atom. The number of likely N-dealkylation sites (N-methyl/N-ethyl adjacent to an activating group) is 1. The number of rotatable bonds is 6. The number of aromatic nitrogens is 1. The predicted molar refractivity (Wildman–Crippen MR) is 115 cm³/mol. The summed E-state index contributed by atoms with van der Waals surface area (Å²) in [5.74, 6) is -0.908. The number of anilines is 2. The lowest BCUT2D eigenvalue weighted by Crippen LogP contribution is -2.45. The second-order valence-electron chi connectivity index (χ2n) is 7.28. The SMILES string of the molecule is CN(C)[C@H]1CCCC[C@@H]1Nc1cc(F)c(S(=O)(=O)Nc2cccc(Cl)n2)cc1Cl. The molecule has 1 aliphatic carbocycles. The zero-order valence-electron chi connectivity index (χ0n) is 16.1. The number of hydrogen-bond donors (Lipinski definition) is 2. The topological polar surface area (TPSA) is 74.3 Å². The average Bonchev–Trinajstić information content (AvgIpc) is 2.64. The lowest BCUT2D eigenvalue weighted by molar-refractivity contribution is 0.211. The second kappa shape index (κ2) is 9.04. The maximum atomic E-state index is 14.7.